The molecule has 35 heavy (non-hydrogen) atoms. The lowest BCUT2D eigenvalue weighted by Crippen LogP contribution is -2.57. The highest BCUT2D eigenvalue weighted by atomic mass is 19.4. The van der Waals surface area contributed by atoms with Crippen LogP contribution in [0.25, 0.3) is 5.57 Å². The summed E-state index contributed by atoms with van der Waals surface area (Å²) in [5.74, 6) is -2.76. The van der Waals surface area contributed by atoms with Gasteiger partial charge in [0, 0.05) is 20.6 Å². The number of aliphatic imine (C=N–C) groups is 1. The summed E-state index contributed by atoms with van der Waals surface area (Å²) in [5, 5.41) is 7.12. The van der Waals surface area contributed by atoms with Crippen LogP contribution in [0.4, 0.5) is 13.2 Å². The van der Waals surface area contributed by atoms with Gasteiger partial charge in [-0.25, -0.2) is 9.79 Å². The molecular formula is C25H24F3N3O4. The number of carboxylic acids is 1. The normalized spacial score (nSPS) is 23.8. The molecule has 1 aliphatic carbocycles. The van der Waals surface area contributed by atoms with Gasteiger partial charge in [-0.1, -0.05) is 72.8 Å². The average molecular weight is 487 g/mol. The Labute approximate surface area is 200 Å². The van der Waals surface area contributed by atoms with Crippen molar-refractivity contribution in [1.29, 1.82) is 0 Å². The van der Waals surface area contributed by atoms with Crippen molar-refractivity contribution in [3.8, 4) is 0 Å². The molecule has 4 rings (SSSR count). The number of hydrogen-bond donors (Lipinski definition) is 2. The summed E-state index contributed by atoms with van der Waals surface area (Å²) in [4.78, 5) is 28.6. The molecule has 0 fully saturated rings. The maximum absolute atomic E-state index is 13.5. The number of benzene rings is 2. The van der Waals surface area contributed by atoms with Crippen molar-refractivity contribution in [3.05, 3.63) is 90.0 Å². The number of nitrogens with two attached hydrogens (primary N) is 1. The van der Waals surface area contributed by atoms with Crippen LogP contribution in [0.5, 0.6) is 0 Å². The van der Waals surface area contributed by atoms with Crippen LogP contribution < -0.4 is 5.73 Å². The van der Waals surface area contributed by atoms with Crippen LogP contribution in [0.3, 0.4) is 0 Å². The minimum Gasteiger partial charge on any atom is -0.475 e. The fourth-order valence-electron chi connectivity index (χ4n) is 4.14. The third-order valence-corrected chi connectivity index (χ3v) is 5.91. The van der Waals surface area contributed by atoms with Gasteiger partial charge in [-0.3, -0.25) is 9.69 Å². The molecule has 0 aromatic heterocycles. The number of allylic oxidation sites excluding steroid dienone is 2. The summed E-state index contributed by atoms with van der Waals surface area (Å²) in [6, 6.07) is 19.6. The van der Waals surface area contributed by atoms with Gasteiger partial charge in [0.05, 0.1) is 0 Å². The lowest BCUT2D eigenvalue weighted by atomic mass is 9.68. The smallest absolute Gasteiger partial charge is 0.475 e. The third-order valence-electron chi connectivity index (χ3n) is 5.91. The Morgan fingerprint density at radius 1 is 1.11 bits per heavy atom. The largest absolute Gasteiger partial charge is 0.490 e. The Hall–Kier alpha value is -3.92. The zero-order valence-electron chi connectivity index (χ0n) is 19.0. The van der Waals surface area contributed by atoms with E-state index in [0.29, 0.717) is 6.42 Å². The number of ether oxygens (including phenoxy) is 1. The first-order valence-electron chi connectivity index (χ1n) is 10.5. The molecule has 0 bridgehead atoms. The van der Waals surface area contributed by atoms with E-state index in [1.807, 2.05) is 60.7 Å². The van der Waals surface area contributed by atoms with Crippen molar-refractivity contribution >= 4 is 23.4 Å². The van der Waals surface area contributed by atoms with Crippen LogP contribution >= 0.6 is 0 Å². The number of methoxy groups -OCH3 is 1. The molecule has 1 amide bonds. The van der Waals surface area contributed by atoms with Crippen molar-refractivity contribution < 1.29 is 32.6 Å². The minimum absolute atomic E-state index is 0.189. The number of hydrogen-bond acceptors (Lipinski definition) is 5. The highest BCUT2D eigenvalue weighted by Crippen LogP contribution is 2.50. The van der Waals surface area contributed by atoms with Gasteiger partial charge in [0.25, 0.3) is 5.91 Å². The van der Waals surface area contributed by atoms with Crippen molar-refractivity contribution in [1.82, 2.24) is 4.90 Å². The Kier molecular flexibility index (Phi) is 7.16. The number of alkyl halides is 3. The Balaban J connectivity index is 0.000000429. The lowest BCUT2D eigenvalue weighted by Gasteiger charge is -2.44. The zero-order valence-corrected chi connectivity index (χ0v) is 19.0. The highest BCUT2D eigenvalue weighted by Gasteiger charge is 2.62. The molecule has 1 heterocycles. The molecule has 1 aliphatic heterocycles. The summed E-state index contributed by atoms with van der Waals surface area (Å²) in [6.45, 7) is 0. The second kappa shape index (κ2) is 9.75. The second-order valence-corrected chi connectivity index (χ2v) is 7.90. The number of amides is 1. The zero-order chi connectivity index (χ0) is 25.9. The van der Waals surface area contributed by atoms with Crippen LogP contribution in [0.2, 0.25) is 0 Å². The summed E-state index contributed by atoms with van der Waals surface area (Å²) in [7, 11) is 3.27. The molecule has 2 atom stereocenters. The van der Waals surface area contributed by atoms with Crippen molar-refractivity contribution in [3.63, 3.8) is 0 Å². The monoisotopic (exact) mass is 487 g/mol. The number of guanidine groups is 1. The van der Waals surface area contributed by atoms with Gasteiger partial charge in [-0.2, -0.15) is 13.2 Å². The first-order chi connectivity index (χ1) is 16.5. The van der Waals surface area contributed by atoms with Crippen LogP contribution in [-0.2, 0) is 19.9 Å². The fourth-order valence-corrected chi connectivity index (χ4v) is 4.14. The van der Waals surface area contributed by atoms with Crippen LogP contribution in [0, 0.1) is 0 Å². The standard InChI is InChI=1S/C23H23N3O2.C2HF3O2/c1-26-20(27)23(25-21(26)24,19-13-7-4-8-14-19)22(28-2)15-9-12-18(16-22)17-10-5-3-6-11-17;3-2(4,5)1(6)7/h3-15H,16H2,1-2H3,(H2,24,25);(H,6,7). The van der Waals surface area contributed by atoms with E-state index in [1.54, 1.807) is 14.2 Å². The number of carbonyl (C=O) groups is 2. The average Bonchev–Trinajstić information content (AvgIpc) is 3.10. The van der Waals surface area contributed by atoms with Gasteiger partial charge in [0.2, 0.25) is 5.54 Å². The minimum atomic E-state index is -5.08. The molecule has 0 spiro atoms. The predicted molar refractivity (Wildman–Crippen MR) is 124 cm³/mol. The molecule has 10 heteroatoms. The SMILES string of the molecule is COC1(C2(c3ccccc3)N=C(N)N(C)C2=O)C=CC=C(c2ccccc2)C1.O=C(O)C(F)(F)F. The summed E-state index contributed by atoms with van der Waals surface area (Å²) >= 11 is 0. The topological polar surface area (TPSA) is 105 Å². The second-order valence-electron chi connectivity index (χ2n) is 7.90. The number of halogens is 3. The van der Waals surface area contributed by atoms with Crippen molar-refractivity contribution in [2.24, 2.45) is 10.7 Å². The van der Waals surface area contributed by atoms with Gasteiger partial charge < -0.3 is 15.6 Å². The van der Waals surface area contributed by atoms with E-state index in [4.69, 9.17) is 25.4 Å². The van der Waals surface area contributed by atoms with Crippen LogP contribution in [0.1, 0.15) is 17.5 Å². The Morgan fingerprint density at radius 3 is 2.11 bits per heavy atom. The fraction of sp³-hybridized carbons (Fsp3) is 0.240. The Bertz CT molecular complexity index is 1180. The first kappa shape index (κ1) is 25.7. The van der Waals surface area contributed by atoms with Gasteiger partial charge >= 0.3 is 12.1 Å². The molecule has 2 aromatic rings. The van der Waals surface area contributed by atoms with E-state index >= 15 is 0 Å². The predicted octanol–water partition coefficient (Wildman–Crippen LogP) is 3.73. The van der Waals surface area contributed by atoms with E-state index in [2.05, 4.69) is 18.2 Å². The molecular weight excluding hydrogens is 463 g/mol. The first-order valence-corrected chi connectivity index (χ1v) is 10.5. The number of carbonyl (C=O) groups excluding carboxylic acids is 1. The lowest BCUT2D eigenvalue weighted by molar-refractivity contribution is -0.192. The Morgan fingerprint density at radius 2 is 1.66 bits per heavy atom. The number of likely N-dealkylation sites (N-methyl/N-ethyl adjacent to an activating group) is 1. The third kappa shape index (κ3) is 4.69. The molecule has 0 saturated heterocycles. The summed E-state index contributed by atoms with van der Waals surface area (Å²) < 4.78 is 37.8. The number of aliphatic carboxylic acids is 1. The van der Waals surface area contributed by atoms with Crippen LogP contribution in [0.15, 0.2) is 83.9 Å². The molecule has 2 aliphatic rings. The van der Waals surface area contributed by atoms with Gasteiger partial charge in [-0.15, -0.1) is 0 Å². The number of rotatable bonds is 4. The van der Waals surface area contributed by atoms with E-state index < -0.39 is 23.3 Å². The maximum atomic E-state index is 13.5. The van der Waals surface area contributed by atoms with Gasteiger partial charge in [0.1, 0.15) is 5.60 Å². The summed E-state index contributed by atoms with van der Waals surface area (Å²) in [6.07, 6.45) is 1.34. The molecule has 2 unspecified atom stereocenters. The van der Waals surface area contributed by atoms with E-state index in [-0.39, 0.29) is 11.9 Å². The number of nitrogens with zero attached hydrogens (tertiary/aromatic N) is 2. The van der Waals surface area contributed by atoms with Gasteiger partial charge in [0.15, 0.2) is 5.96 Å². The molecule has 3 N–H and O–H groups in total. The van der Waals surface area contributed by atoms with E-state index in [0.717, 1.165) is 16.7 Å². The molecule has 0 radical (unpaired) electrons. The summed E-state index contributed by atoms with van der Waals surface area (Å²) in [5.41, 5.74) is 6.75. The molecule has 7 nitrogen and oxygen atoms in total. The quantitative estimate of drug-likeness (QED) is 0.684. The van der Waals surface area contributed by atoms with Crippen molar-refractivity contribution in [2.45, 2.75) is 23.7 Å². The molecule has 184 valence electrons. The van der Waals surface area contributed by atoms with E-state index in [9.17, 15) is 18.0 Å². The van der Waals surface area contributed by atoms with Crippen LogP contribution in [-0.4, -0.2) is 53.8 Å². The highest BCUT2D eigenvalue weighted by molar-refractivity contribution is 6.08. The van der Waals surface area contributed by atoms with Crippen molar-refractivity contribution in [2.75, 3.05) is 14.2 Å². The maximum Gasteiger partial charge on any atom is 0.490 e. The molecule has 2 aromatic carbocycles. The van der Waals surface area contributed by atoms with E-state index in [1.165, 1.54) is 4.90 Å². The number of carboxylic acid groups (broad SMARTS) is 1. The van der Waals surface area contributed by atoms with Gasteiger partial charge in [-0.05, 0) is 22.8 Å². The molecule has 0 saturated carbocycles.